The number of hydrogen-bond donors (Lipinski definition) is 1. The lowest BCUT2D eigenvalue weighted by Crippen LogP contribution is -2.02. The second-order valence-corrected chi connectivity index (χ2v) is 3.29. The average Bonchev–Trinajstić information content (AvgIpc) is 2.66. The number of benzene rings is 1. The molecule has 0 fully saturated rings. The molecule has 0 bridgehead atoms. The molecule has 1 aromatic heterocycles. The van der Waals surface area contributed by atoms with Crippen LogP contribution in [0.4, 0.5) is 5.82 Å². The molecule has 4 heteroatoms. The minimum Gasteiger partial charge on any atom is -0.497 e. The Morgan fingerprint density at radius 3 is 2.60 bits per heavy atom. The van der Waals surface area contributed by atoms with Crippen LogP contribution in [0.1, 0.15) is 5.56 Å². The maximum Gasteiger partial charge on any atom is 0.123 e. The molecule has 0 saturated carbocycles. The van der Waals surface area contributed by atoms with Crippen LogP contribution < -0.4 is 10.5 Å². The molecule has 78 valence electrons. The summed E-state index contributed by atoms with van der Waals surface area (Å²) in [6, 6.07) is 7.89. The SMILES string of the molecule is COc1ccc(Cn2cncc2N)cc1. The number of nitrogen functional groups attached to an aromatic ring is 1. The zero-order valence-electron chi connectivity index (χ0n) is 8.55. The normalized spacial score (nSPS) is 10.2. The van der Waals surface area contributed by atoms with E-state index in [1.54, 1.807) is 19.6 Å². The second kappa shape index (κ2) is 4.04. The Morgan fingerprint density at radius 1 is 1.33 bits per heavy atom. The predicted molar refractivity (Wildman–Crippen MR) is 58.7 cm³/mol. The number of aromatic nitrogens is 2. The van der Waals surface area contributed by atoms with E-state index in [1.807, 2.05) is 28.8 Å². The lowest BCUT2D eigenvalue weighted by molar-refractivity contribution is 0.414. The summed E-state index contributed by atoms with van der Waals surface area (Å²) in [7, 11) is 1.66. The Morgan fingerprint density at radius 2 is 2.07 bits per heavy atom. The van der Waals surface area contributed by atoms with Crippen LogP contribution >= 0.6 is 0 Å². The molecular weight excluding hydrogens is 190 g/mol. The topological polar surface area (TPSA) is 53.1 Å². The van der Waals surface area contributed by atoms with Crippen molar-refractivity contribution in [3.05, 3.63) is 42.4 Å². The Balaban J connectivity index is 2.14. The first-order valence-corrected chi connectivity index (χ1v) is 4.68. The number of imidazole rings is 1. The fourth-order valence-electron chi connectivity index (χ4n) is 1.39. The molecule has 0 spiro atoms. The predicted octanol–water partition coefficient (Wildman–Crippen LogP) is 1.52. The van der Waals surface area contributed by atoms with Gasteiger partial charge in [-0.15, -0.1) is 0 Å². The maximum absolute atomic E-state index is 5.72. The van der Waals surface area contributed by atoms with Crippen molar-refractivity contribution in [1.82, 2.24) is 9.55 Å². The van der Waals surface area contributed by atoms with E-state index in [2.05, 4.69) is 4.98 Å². The molecule has 0 unspecified atom stereocenters. The van der Waals surface area contributed by atoms with Crippen LogP contribution in [0.2, 0.25) is 0 Å². The van der Waals surface area contributed by atoms with E-state index in [9.17, 15) is 0 Å². The van der Waals surface area contributed by atoms with E-state index in [0.29, 0.717) is 5.82 Å². The summed E-state index contributed by atoms with van der Waals surface area (Å²) >= 11 is 0. The molecule has 0 aliphatic carbocycles. The van der Waals surface area contributed by atoms with Crippen LogP contribution in [0.5, 0.6) is 5.75 Å². The molecule has 2 rings (SSSR count). The van der Waals surface area contributed by atoms with Gasteiger partial charge in [0.25, 0.3) is 0 Å². The number of anilines is 1. The van der Waals surface area contributed by atoms with Crippen LogP contribution in [0, 0.1) is 0 Å². The lowest BCUT2D eigenvalue weighted by Gasteiger charge is -2.05. The summed E-state index contributed by atoms with van der Waals surface area (Å²) in [5.41, 5.74) is 6.89. The first kappa shape index (κ1) is 9.58. The lowest BCUT2D eigenvalue weighted by atomic mass is 10.2. The summed E-state index contributed by atoms with van der Waals surface area (Å²) in [4.78, 5) is 3.96. The van der Waals surface area contributed by atoms with Crippen molar-refractivity contribution in [1.29, 1.82) is 0 Å². The first-order valence-electron chi connectivity index (χ1n) is 4.68. The molecule has 2 aromatic rings. The van der Waals surface area contributed by atoms with Crippen molar-refractivity contribution >= 4 is 5.82 Å². The van der Waals surface area contributed by atoms with Crippen LogP contribution in [0.15, 0.2) is 36.8 Å². The third-order valence-corrected chi connectivity index (χ3v) is 2.26. The summed E-state index contributed by atoms with van der Waals surface area (Å²) in [6.07, 6.45) is 3.36. The third kappa shape index (κ3) is 2.10. The van der Waals surface area contributed by atoms with E-state index in [4.69, 9.17) is 10.5 Å². The summed E-state index contributed by atoms with van der Waals surface area (Å²) in [6.45, 7) is 0.732. The number of methoxy groups -OCH3 is 1. The zero-order chi connectivity index (χ0) is 10.7. The van der Waals surface area contributed by atoms with E-state index >= 15 is 0 Å². The molecule has 0 radical (unpaired) electrons. The van der Waals surface area contributed by atoms with Crippen molar-refractivity contribution in [3.8, 4) is 5.75 Å². The third-order valence-electron chi connectivity index (χ3n) is 2.26. The maximum atomic E-state index is 5.72. The number of ether oxygens (including phenoxy) is 1. The van der Waals surface area contributed by atoms with Gasteiger partial charge >= 0.3 is 0 Å². The molecule has 0 aliphatic rings. The highest BCUT2D eigenvalue weighted by Crippen LogP contribution is 2.13. The van der Waals surface area contributed by atoms with Crippen molar-refractivity contribution < 1.29 is 4.74 Å². The highest BCUT2D eigenvalue weighted by Gasteiger charge is 1.99. The van der Waals surface area contributed by atoms with Crippen LogP contribution in [0.3, 0.4) is 0 Å². The second-order valence-electron chi connectivity index (χ2n) is 3.29. The molecule has 0 atom stereocenters. The quantitative estimate of drug-likeness (QED) is 0.822. The Bertz CT molecular complexity index is 433. The van der Waals surface area contributed by atoms with Gasteiger partial charge in [0.15, 0.2) is 0 Å². The number of nitrogens with two attached hydrogens (primary N) is 1. The van der Waals surface area contributed by atoms with Crippen LogP contribution in [-0.4, -0.2) is 16.7 Å². The Hall–Kier alpha value is -1.97. The van der Waals surface area contributed by atoms with Crippen molar-refractivity contribution in [2.75, 3.05) is 12.8 Å². The average molecular weight is 203 g/mol. The van der Waals surface area contributed by atoms with Crippen molar-refractivity contribution in [3.63, 3.8) is 0 Å². The number of nitrogens with zero attached hydrogens (tertiary/aromatic N) is 2. The fraction of sp³-hybridized carbons (Fsp3) is 0.182. The Labute approximate surface area is 88.3 Å². The summed E-state index contributed by atoms with van der Waals surface area (Å²) < 4.78 is 6.97. The van der Waals surface area contributed by atoms with Gasteiger partial charge < -0.3 is 15.0 Å². The first-order chi connectivity index (χ1) is 7.29. The van der Waals surface area contributed by atoms with Crippen LogP contribution in [-0.2, 0) is 6.54 Å². The Kier molecular flexibility index (Phi) is 2.58. The zero-order valence-corrected chi connectivity index (χ0v) is 8.55. The van der Waals surface area contributed by atoms with E-state index in [-0.39, 0.29) is 0 Å². The van der Waals surface area contributed by atoms with E-state index in [1.165, 1.54) is 5.56 Å². The van der Waals surface area contributed by atoms with Crippen molar-refractivity contribution in [2.24, 2.45) is 0 Å². The van der Waals surface area contributed by atoms with Crippen molar-refractivity contribution in [2.45, 2.75) is 6.54 Å². The highest BCUT2D eigenvalue weighted by molar-refractivity contribution is 5.30. The summed E-state index contributed by atoms with van der Waals surface area (Å²) in [5, 5.41) is 0. The fourth-order valence-corrected chi connectivity index (χ4v) is 1.39. The smallest absolute Gasteiger partial charge is 0.123 e. The van der Waals surface area contributed by atoms with Gasteiger partial charge in [0.1, 0.15) is 11.6 Å². The molecule has 2 N–H and O–H groups in total. The summed E-state index contributed by atoms with van der Waals surface area (Å²) in [5.74, 6) is 1.53. The molecule has 0 amide bonds. The standard InChI is InChI=1S/C11H13N3O/c1-15-10-4-2-9(3-5-10)7-14-8-13-6-11(14)12/h2-6,8H,7,12H2,1H3. The van der Waals surface area contributed by atoms with Gasteiger partial charge in [-0.25, -0.2) is 4.98 Å². The van der Waals surface area contributed by atoms with Gasteiger partial charge in [-0.2, -0.15) is 0 Å². The van der Waals surface area contributed by atoms with E-state index < -0.39 is 0 Å². The molecule has 15 heavy (non-hydrogen) atoms. The molecule has 0 aliphatic heterocycles. The number of hydrogen-bond acceptors (Lipinski definition) is 3. The molecular formula is C11H13N3O. The van der Waals surface area contributed by atoms with Gasteiger partial charge in [-0.3, -0.25) is 0 Å². The molecule has 1 heterocycles. The van der Waals surface area contributed by atoms with Gasteiger partial charge in [0, 0.05) is 0 Å². The highest BCUT2D eigenvalue weighted by atomic mass is 16.5. The number of rotatable bonds is 3. The van der Waals surface area contributed by atoms with Gasteiger partial charge in [-0.1, -0.05) is 12.1 Å². The minimum absolute atomic E-state index is 0.672. The van der Waals surface area contributed by atoms with Crippen LogP contribution in [0.25, 0.3) is 0 Å². The monoisotopic (exact) mass is 203 g/mol. The molecule has 0 saturated heterocycles. The minimum atomic E-state index is 0.672. The van der Waals surface area contributed by atoms with E-state index in [0.717, 1.165) is 12.3 Å². The largest absolute Gasteiger partial charge is 0.497 e. The van der Waals surface area contributed by atoms with Gasteiger partial charge in [0.05, 0.1) is 26.2 Å². The van der Waals surface area contributed by atoms with Gasteiger partial charge in [0.2, 0.25) is 0 Å². The van der Waals surface area contributed by atoms with Gasteiger partial charge in [-0.05, 0) is 17.7 Å². The molecule has 4 nitrogen and oxygen atoms in total. The molecule has 1 aromatic carbocycles.